The second kappa shape index (κ2) is 8.61. The van der Waals surface area contributed by atoms with Gasteiger partial charge in [-0.25, -0.2) is 9.97 Å². The van der Waals surface area contributed by atoms with Crippen LogP contribution in [0.15, 0.2) is 35.2 Å². The van der Waals surface area contributed by atoms with Crippen molar-refractivity contribution in [3.63, 3.8) is 0 Å². The first-order chi connectivity index (χ1) is 15.6. The third-order valence-electron chi connectivity index (χ3n) is 6.56. The number of piperidine rings is 1. The molecule has 1 N–H and O–H groups in total. The predicted octanol–water partition coefficient (Wildman–Crippen LogP) is 3.99. The lowest BCUT2D eigenvalue weighted by atomic mass is 9.93. The monoisotopic (exact) mass is 499 g/mol. The van der Waals surface area contributed by atoms with Crippen LogP contribution >= 0.6 is 15.9 Å². The summed E-state index contributed by atoms with van der Waals surface area (Å²) in [6.07, 6.45) is 7.47. The number of aromatic nitrogens is 3. The molecule has 168 valence electrons. The van der Waals surface area contributed by atoms with Gasteiger partial charge in [0.25, 0.3) is 0 Å². The maximum Gasteiger partial charge on any atom is 0.222 e. The Labute approximate surface area is 195 Å². The van der Waals surface area contributed by atoms with Crippen LogP contribution < -0.4 is 14.8 Å². The lowest BCUT2D eigenvalue weighted by Crippen LogP contribution is -2.41. The van der Waals surface area contributed by atoms with E-state index in [0.29, 0.717) is 19.0 Å². The molecule has 5 rings (SSSR count). The van der Waals surface area contributed by atoms with Gasteiger partial charge in [-0.15, -0.1) is 0 Å². The first-order valence-corrected chi connectivity index (χ1v) is 11.6. The van der Waals surface area contributed by atoms with Crippen molar-refractivity contribution in [2.24, 2.45) is 0 Å². The Morgan fingerprint density at radius 1 is 1.22 bits per heavy atom. The van der Waals surface area contributed by atoms with E-state index < -0.39 is 0 Å². The first-order valence-electron chi connectivity index (χ1n) is 10.9. The summed E-state index contributed by atoms with van der Waals surface area (Å²) in [5.74, 6) is 3.70. The third kappa shape index (κ3) is 3.68. The Hall–Kier alpha value is -2.81. The Morgan fingerprint density at radius 2 is 2.09 bits per heavy atom. The molecule has 8 nitrogen and oxygen atoms in total. The summed E-state index contributed by atoms with van der Waals surface area (Å²) in [5, 5.41) is 3.43. The molecule has 0 bridgehead atoms. The SMILES string of the molecule is COc1ccc(CNc2nccn3c([C@@H]4CC[C@H]5CCC(=O)N5C4)nc(Br)c23)c(OC)c1. The number of ether oxygens (including phenoxy) is 2. The lowest BCUT2D eigenvalue weighted by Gasteiger charge is -2.34. The Balaban J connectivity index is 1.41. The van der Waals surface area contributed by atoms with Crippen molar-refractivity contribution in [3.05, 3.63) is 46.6 Å². The number of benzene rings is 1. The minimum Gasteiger partial charge on any atom is -0.497 e. The predicted molar refractivity (Wildman–Crippen MR) is 124 cm³/mol. The molecule has 2 aliphatic rings. The molecule has 1 aromatic carbocycles. The van der Waals surface area contributed by atoms with Gasteiger partial charge in [0.05, 0.1) is 14.2 Å². The molecule has 2 fully saturated rings. The van der Waals surface area contributed by atoms with Crippen LogP contribution in [-0.2, 0) is 11.3 Å². The molecule has 0 unspecified atom stereocenters. The highest BCUT2D eigenvalue weighted by Crippen LogP contribution is 2.37. The quantitative estimate of drug-likeness (QED) is 0.552. The summed E-state index contributed by atoms with van der Waals surface area (Å²) in [6, 6.07) is 6.17. The maximum atomic E-state index is 12.3. The largest absolute Gasteiger partial charge is 0.497 e. The molecule has 0 spiro atoms. The average Bonchev–Trinajstić information content (AvgIpc) is 3.37. The molecule has 9 heteroatoms. The molecule has 1 amide bonds. The van der Waals surface area contributed by atoms with Gasteiger partial charge in [0.15, 0.2) is 5.82 Å². The minimum absolute atomic E-state index is 0.212. The van der Waals surface area contributed by atoms with E-state index in [9.17, 15) is 4.79 Å². The topological polar surface area (TPSA) is 81.0 Å². The summed E-state index contributed by atoms with van der Waals surface area (Å²) in [4.78, 5) is 23.7. The second-order valence-electron chi connectivity index (χ2n) is 8.30. The summed E-state index contributed by atoms with van der Waals surface area (Å²) in [5.41, 5.74) is 1.89. The first kappa shape index (κ1) is 21.1. The van der Waals surface area contributed by atoms with Crippen LogP contribution in [0.2, 0.25) is 0 Å². The van der Waals surface area contributed by atoms with E-state index in [-0.39, 0.29) is 11.8 Å². The molecule has 4 heterocycles. The highest BCUT2D eigenvalue weighted by Gasteiger charge is 2.38. The van der Waals surface area contributed by atoms with E-state index in [4.69, 9.17) is 14.5 Å². The summed E-state index contributed by atoms with van der Waals surface area (Å²) < 4.78 is 13.6. The number of nitrogens with zero attached hydrogens (tertiary/aromatic N) is 4. The van der Waals surface area contributed by atoms with Crippen LogP contribution in [0.25, 0.3) is 5.52 Å². The molecule has 0 saturated carbocycles. The summed E-state index contributed by atoms with van der Waals surface area (Å²) in [7, 11) is 3.29. The van der Waals surface area contributed by atoms with Gasteiger partial charge in [0, 0.05) is 55.5 Å². The lowest BCUT2D eigenvalue weighted by molar-refractivity contribution is -0.130. The molecule has 2 aromatic heterocycles. The summed E-state index contributed by atoms with van der Waals surface area (Å²) >= 11 is 3.64. The highest BCUT2D eigenvalue weighted by molar-refractivity contribution is 9.10. The molecule has 3 aromatic rings. The number of anilines is 1. The van der Waals surface area contributed by atoms with E-state index in [0.717, 1.165) is 64.6 Å². The van der Waals surface area contributed by atoms with Crippen molar-refractivity contribution in [1.82, 2.24) is 19.3 Å². The van der Waals surface area contributed by atoms with Crippen LogP contribution in [-0.4, -0.2) is 52.0 Å². The highest BCUT2D eigenvalue weighted by atomic mass is 79.9. The van der Waals surface area contributed by atoms with E-state index in [2.05, 4.69) is 35.5 Å². The Bertz CT molecular complexity index is 1160. The number of hydrogen-bond acceptors (Lipinski definition) is 6. The number of hydrogen-bond donors (Lipinski definition) is 1. The average molecular weight is 500 g/mol. The van der Waals surface area contributed by atoms with Crippen LogP contribution in [0.5, 0.6) is 11.5 Å². The molecule has 32 heavy (non-hydrogen) atoms. The van der Waals surface area contributed by atoms with Crippen molar-refractivity contribution < 1.29 is 14.3 Å². The van der Waals surface area contributed by atoms with Gasteiger partial charge in [-0.1, -0.05) is 0 Å². The molecular formula is C23H26BrN5O3. The van der Waals surface area contributed by atoms with Gasteiger partial charge in [-0.05, 0) is 47.3 Å². The normalized spacial score (nSPS) is 20.5. The fraction of sp³-hybridized carbons (Fsp3) is 0.435. The minimum atomic E-state index is 0.212. The Morgan fingerprint density at radius 3 is 2.91 bits per heavy atom. The number of imidazole rings is 1. The summed E-state index contributed by atoms with van der Waals surface area (Å²) in [6.45, 7) is 1.28. The van der Waals surface area contributed by atoms with E-state index in [1.807, 2.05) is 24.4 Å². The zero-order valence-electron chi connectivity index (χ0n) is 18.2. The standard InChI is InChI=1S/C23H26BrN5O3/c1-31-17-7-4-14(18(11-17)32-2)12-26-22-20-21(24)27-23(28(20)10-9-25-22)15-3-5-16-6-8-19(30)29(16)13-15/h4,7,9-11,15-16H,3,5-6,8,12-13H2,1-2H3,(H,25,26)/t15-,16+/m1/s1. The maximum absolute atomic E-state index is 12.3. The number of nitrogens with one attached hydrogen (secondary N) is 1. The van der Waals surface area contributed by atoms with Crippen LogP contribution in [0.4, 0.5) is 5.82 Å². The smallest absolute Gasteiger partial charge is 0.222 e. The molecule has 0 radical (unpaired) electrons. The number of methoxy groups -OCH3 is 2. The Kier molecular flexibility index (Phi) is 5.67. The van der Waals surface area contributed by atoms with Gasteiger partial charge < -0.3 is 19.7 Å². The van der Waals surface area contributed by atoms with Crippen molar-refractivity contribution in [2.45, 2.75) is 44.2 Å². The number of carbonyl (C=O) groups is 1. The fourth-order valence-electron chi connectivity index (χ4n) is 4.89. The van der Waals surface area contributed by atoms with Gasteiger partial charge >= 0.3 is 0 Å². The van der Waals surface area contributed by atoms with E-state index in [1.54, 1.807) is 20.4 Å². The van der Waals surface area contributed by atoms with Gasteiger partial charge in [-0.3, -0.25) is 9.20 Å². The van der Waals surface area contributed by atoms with Gasteiger partial charge in [0.2, 0.25) is 5.91 Å². The van der Waals surface area contributed by atoms with E-state index in [1.165, 1.54) is 0 Å². The zero-order chi connectivity index (χ0) is 22.2. The van der Waals surface area contributed by atoms with E-state index >= 15 is 0 Å². The van der Waals surface area contributed by atoms with Crippen molar-refractivity contribution >= 4 is 33.2 Å². The van der Waals surface area contributed by atoms with Crippen LogP contribution in [0.1, 0.15) is 43.0 Å². The molecule has 0 aliphatic carbocycles. The number of halogens is 1. The number of carbonyl (C=O) groups excluding carboxylic acids is 1. The van der Waals surface area contributed by atoms with Crippen molar-refractivity contribution in [2.75, 3.05) is 26.1 Å². The number of amides is 1. The van der Waals surface area contributed by atoms with Crippen molar-refractivity contribution in [3.8, 4) is 11.5 Å². The molecule has 2 aliphatic heterocycles. The van der Waals surface area contributed by atoms with Gasteiger partial charge in [-0.2, -0.15) is 0 Å². The molecular weight excluding hydrogens is 474 g/mol. The van der Waals surface area contributed by atoms with Crippen LogP contribution in [0, 0.1) is 0 Å². The third-order valence-corrected chi connectivity index (χ3v) is 7.12. The second-order valence-corrected chi connectivity index (χ2v) is 9.05. The number of fused-ring (bicyclic) bond motifs is 2. The van der Waals surface area contributed by atoms with Gasteiger partial charge in [0.1, 0.15) is 27.4 Å². The fourth-order valence-corrected chi connectivity index (χ4v) is 5.45. The van der Waals surface area contributed by atoms with Crippen LogP contribution in [0.3, 0.4) is 0 Å². The zero-order valence-corrected chi connectivity index (χ0v) is 19.8. The molecule has 2 saturated heterocycles. The molecule has 2 atom stereocenters. The van der Waals surface area contributed by atoms with Crippen molar-refractivity contribution in [1.29, 1.82) is 0 Å². The number of rotatable bonds is 6.